The molecule has 0 bridgehead atoms. The van der Waals surface area contributed by atoms with Crippen LogP contribution in [0.25, 0.3) is 16.3 Å². The average Bonchev–Trinajstić information content (AvgIpc) is 3.12. The second kappa shape index (κ2) is 7.80. The van der Waals surface area contributed by atoms with Crippen molar-refractivity contribution in [1.29, 1.82) is 0 Å². The summed E-state index contributed by atoms with van der Waals surface area (Å²) in [6.07, 6.45) is 6.55. The van der Waals surface area contributed by atoms with Crippen LogP contribution in [-0.2, 0) is 4.79 Å². The van der Waals surface area contributed by atoms with E-state index in [2.05, 4.69) is 15.3 Å². The molecule has 5 nitrogen and oxygen atoms in total. The molecule has 0 saturated heterocycles. The van der Waals surface area contributed by atoms with E-state index in [9.17, 15) is 4.79 Å². The molecule has 0 fully saturated rings. The number of hydrogen-bond acceptors (Lipinski definition) is 5. The number of nitrogens with one attached hydrogen (secondary N) is 1. The van der Waals surface area contributed by atoms with Crippen LogP contribution in [-0.4, -0.2) is 15.9 Å². The third-order valence-electron chi connectivity index (χ3n) is 3.70. The van der Waals surface area contributed by atoms with Crippen LogP contribution < -0.4 is 10.1 Å². The van der Waals surface area contributed by atoms with Crippen molar-refractivity contribution in [2.45, 2.75) is 0 Å². The fourth-order valence-corrected chi connectivity index (χ4v) is 3.31. The second-order valence-corrected chi connectivity index (χ2v) is 6.71. The van der Waals surface area contributed by atoms with Gasteiger partial charge in [-0.15, -0.1) is 11.3 Å². The number of benzene rings is 2. The SMILES string of the molecule is O=C(/C=C/c1nc2ccccc2s1)Nc1ccc(Oc2ccncc2)cc1. The average molecular weight is 373 g/mol. The molecule has 2 heterocycles. The maximum Gasteiger partial charge on any atom is 0.248 e. The Labute approximate surface area is 160 Å². The Morgan fingerprint density at radius 3 is 2.48 bits per heavy atom. The zero-order valence-corrected chi connectivity index (χ0v) is 15.0. The summed E-state index contributed by atoms with van der Waals surface area (Å²) in [4.78, 5) is 20.5. The van der Waals surface area contributed by atoms with E-state index in [1.54, 1.807) is 66.2 Å². The molecule has 1 amide bonds. The molecule has 0 spiro atoms. The number of carbonyl (C=O) groups is 1. The van der Waals surface area contributed by atoms with Crippen molar-refractivity contribution in [2.75, 3.05) is 5.32 Å². The summed E-state index contributed by atoms with van der Waals surface area (Å²) in [7, 11) is 0. The van der Waals surface area contributed by atoms with Crippen LogP contribution in [0.1, 0.15) is 5.01 Å². The maximum absolute atomic E-state index is 12.1. The van der Waals surface area contributed by atoms with Crippen LogP contribution in [0.4, 0.5) is 5.69 Å². The molecule has 1 N–H and O–H groups in total. The van der Waals surface area contributed by atoms with Crippen molar-refractivity contribution in [1.82, 2.24) is 9.97 Å². The first-order valence-corrected chi connectivity index (χ1v) is 9.10. The highest BCUT2D eigenvalue weighted by Gasteiger charge is 2.03. The van der Waals surface area contributed by atoms with Crippen molar-refractivity contribution >= 4 is 39.2 Å². The van der Waals surface area contributed by atoms with Crippen molar-refractivity contribution in [3.05, 3.63) is 84.1 Å². The molecule has 4 aromatic rings. The predicted octanol–water partition coefficient (Wildman–Crippen LogP) is 5.14. The minimum atomic E-state index is -0.211. The van der Waals surface area contributed by atoms with Gasteiger partial charge in [-0.3, -0.25) is 9.78 Å². The van der Waals surface area contributed by atoms with E-state index < -0.39 is 0 Å². The van der Waals surface area contributed by atoms with Crippen LogP contribution in [0.5, 0.6) is 11.5 Å². The summed E-state index contributed by atoms with van der Waals surface area (Å²) in [6.45, 7) is 0. The van der Waals surface area contributed by atoms with Crippen LogP contribution in [0.3, 0.4) is 0 Å². The minimum Gasteiger partial charge on any atom is -0.457 e. The minimum absolute atomic E-state index is 0.211. The molecule has 0 saturated carbocycles. The first kappa shape index (κ1) is 16.9. The molecule has 27 heavy (non-hydrogen) atoms. The third-order valence-corrected chi connectivity index (χ3v) is 4.70. The Morgan fingerprint density at radius 2 is 1.70 bits per heavy atom. The zero-order valence-electron chi connectivity index (χ0n) is 14.2. The summed E-state index contributed by atoms with van der Waals surface area (Å²) >= 11 is 1.55. The highest BCUT2D eigenvalue weighted by atomic mass is 32.1. The summed E-state index contributed by atoms with van der Waals surface area (Å²) in [6, 6.07) is 18.6. The molecule has 2 aromatic heterocycles. The predicted molar refractivity (Wildman–Crippen MR) is 108 cm³/mol. The van der Waals surface area contributed by atoms with Crippen LogP contribution >= 0.6 is 11.3 Å². The lowest BCUT2D eigenvalue weighted by Gasteiger charge is -2.06. The molecule has 132 valence electrons. The molecule has 0 aliphatic carbocycles. The van der Waals surface area contributed by atoms with Crippen molar-refractivity contribution in [3.63, 3.8) is 0 Å². The van der Waals surface area contributed by atoms with Gasteiger partial charge in [0, 0.05) is 24.2 Å². The summed E-state index contributed by atoms with van der Waals surface area (Å²) < 4.78 is 6.80. The summed E-state index contributed by atoms with van der Waals surface area (Å²) in [5.74, 6) is 1.18. The Morgan fingerprint density at radius 1 is 0.963 bits per heavy atom. The first-order valence-electron chi connectivity index (χ1n) is 8.29. The number of nitrogens with zero attached hydrogens (tertiary/aromatic N) is 2. The fourth-order valence-electron chi connectivity index (χ4n) is 2.44. The van der Waals surface area contributed by atoms with Gasteiger partial charge in [-0.2, -0.15) is 0 Å². The molecule has 0 aliphatic heterocycles. The number of fused-ring (bicyclic) bond motifs is 1. The van der Waals surface area contributed by atoms with E-state index in [1.165, 1.54) is 6.08 Å². The van der Waals surface area contributed by atoms with Crippen LogP contribution in [0.2, 0.25) is 0 Å². The Bertz CT molecular complexity index is 1060. The zero-order chi connectivity index (χ0) is 18.5. The number of thiazole rings is 1. The maximum atomic E-state index is 12.1. The van der Waals surface area contributed by atoms with Gasteiger partial charge < -0.3 is 10.1 Å². The van der Waals surface area contributed by atoms with Gasteiger partial charge in [-0.1, -0.05) is 12.1 Å². The van der Waals surface area contributed by atoms with Gasteiger partial charge in [0.05, 0.1) is 10.2 Å². The number of pyridine rings is 1. The summed E-state index contributed by atoms with van der Waals surface area (Å²) in [5.41, 5.74) is 1.63. The van der Waals surface area contributed by atoms with Gasteiger partial charge in [0.1, 0.15) is 16.5 Å². The topological polar surface area (TPSA) is 64.1 Å². The fraction of sp³-hybridized carbons (Fsp3) is 0. The standard InChI is InChI=1S/C21H15N3O2S/c25-20(9-10-21-24-18-3-1-2-4-19(18)27-21)23-15-5-7-16(8-6-15)26-17-11-13-22-14-12-17/h1-14H,(H,23,25)/b10-9+. The number of amides is 1. The molecule has 4 rings (SSSR count). The van der Waals surface area contributed by atoms with Crippen molar-refractivity contribution in [3.8, 4) is 11.5 Å². The first-order chi connectivity index (χ1) is 13.3. The van der Waals surface area contributed by atoms with E-state index in [4.69, 9.17) is 4.74 Å². The number of para-hydroxylation sites is 1. The van der Waals surface area contributed by atoms with Crippen LogP contribution in [0.15, 0.2) is 79.1 Å². The lowest BCUT2D eigenvalue weighted by Crippen LogP contribution is -2.07. The highest BCUT2D eigenvalue weighted by Crippen LogP contribution is 2.23. The molecule has 0 aliphatic rings. The monoisotopic (exact) mass is 373 g/mol. The quantitative estimate of drug-likeness (QED) is 0.492. The second-order valence-electron chi connectivity index (χ2n) is 5.65. The molecular formula is C21H15N3O2S. The lowest BCUT2D eigenvalue weighted by atomic mass is 10.3. The molecule has 6 heteroatoms. The van der Waals surface area contributed by atoms with Gasteiger partial charge in [0.25, 0.3) is 0 Å². The highest BCUT2D eigenvalue weighted by molar-refractivity contribution is 7.19. The molecule has 0 atom stereocenters. The van der Waals surface area contributed by atoms with Crippen molar-refractivity contribution < 1.29 is 9.53 Å². The van der Waals surface area contributed by atoms with Gasteiger partial charge in [-0.05, 0) is 54.6 Å². The molecule has 0 radical (unpaired) electrons. The van der Waals surface area contributed by atoms with E-state index in [-0.39, 0.29) is 5.91 Å². The number of rotatable bonds is 5. The van der Waals surface area contributed by atoms with Crippen LogP contribution in [0, 0.1) is 0 Å². The Hall–Kier alpha value is -3.51. The van der Waals surface area contributed by atoms with Gasteiger partial charge in [0.15, 0.2) is 0 Å². The summed E-state index contributed by atoms with van der Waals surface area (Å²) in [5, 5.41) is 3.62. The van der Waals surface area contributed by atoms with E-state index >= 15 is 0 Å². The smallest absolute Gasteiger partial charge is 0.248 e. The largest absolute Gasteiger partial charge is 0.457 e. The van der Waals surface area contributed by atoms with E-state index in [0.717, 1.165) is 15.2 Å². The number of hydrogen-bond donors (Lipinski definition) is 1. The van der Waals surface area contributed by atoms with E-state index in [1.807, 2.05) is 24.3 Å². The Kier molecular flexibility index (Phi) is 4.89. The Balaban J connectivity index is 1.37. The van der Waals surface area contributed by atoms with Gasteiger partial charge in [-0.25, -0.2) is 4.98 Å². The molecule has 2 aromatic carbocycles. The third kappa shape index (κ3) is 4.37. The van der Waals surface area contributed by atoms with Gasteiger partial charge in [0.2, 0.25) is 5.91 Å². The number of carbonyl (C=O) groups excluding carboxylic acids is 1. The molecule has 0 unspecified atom stereocenters. The molecular weight excluding hydrogens is 358 g/mol. The number of ether oxygens (including phenoxy) is 1. The number of aromatic nitrogens is 2. The van der Waals surface area contributed by atoms with Gasteiger partial charge >= 0.3 is 0 Å². The lowest BCUT2D eigenvalue weighted by molar-refractivity contribution is -0.111. The number of anilines is 1. The van der Waals surface area contributed by atoms with Crippen molar-refractivity contribution in [2.24, 2.45) is 0 Å². The van der Waals surface area contributed by atoms with E-state index in [0.29, 0.717) is 17.2 Å². The normalized spacial score (nSPS) is 11.0.